The van der Waals surface area contributed by atoms with E-state index in [2.05, 4.69) is 29.7 Å². The Morgan fingerprint density at radius 1 is 1.28 bits per heavy atom. The number of ether oxygens (including phenoxy) is 1. The molecular weight excluding hydrogens is 228 g/mol. The van der Waals surface area contributed by atoms with Crippen molar-refractivity contribution in [3.63, 3.8) is 0 Å². The van der Waals surface area contributed by atoms with Gasteiger partial charge in [-0.05, 0) is 30.5 Å². The van der Waals surface area contributed by atoms with Gasteiger partial charge in [-0.3, -0.25) is 4.79 Å². The Kier molecular flexibility index (Phi) is 6.87. The summed E-state index contributed by atoms with van der Waals surface area (Å²) in [6.45, 7) is 3.75. The van der Waals surface area contributed by atoms with Crippen LogP contribution in [0.15, 0.2) is 24.3 Å². The molecule has 0 aromatic heterocycles. The van der Waals surface area contributed by atoms with Crippen LogP contribution in [-0.2, 0) is 16.0 Å². The molecule has 0 atom stereocenters. The standard InChI is InChI=1S/C14H22N2O2/c1-3-12-5-7-13(8-6-12)16-11-14(17)15-9-4-10-18-2/h5-8,16H,3-4,9-11H2,1-2H3,(H,15,17). The van der Waals surface area contributed by atoms with Crippen molar-refractivity contribution >= 4 is 11.6 Å². The quantitative estimate of drug-likeness (QED) is 0.692. The van der Waals surface area contributed by atoms with Crippen LogP contribution in [-0.4, -0.2) is 32.7 Å². The minimum absolute atomic E-state index is 0.00525. The Hall–Kier alpha value is -1.55. The molecule has 1 amide bonds. The zero-order valence-electron chi connectivity index (χ0n) is 11.2. The number of hydrogen-bond donors (Lipinski definition) is 2. The zero-order valence-corrected chi connectivity index (χ0v) is 11.2. The monoisotopic (exact) mass is 250 g/mol. The van der Waals surface area contributed by atoms with Gasteiger partial charge in [0.1, 0.15) is 0 Å². The summed E-state index contributed by atoms with van der Waals surface area (Å²) in [5.74, 6) is 0.00525. The molecule has 0 radical (unpaired) electrons. The molecule has 0 heterocycles. The number of amides is 1. The molecule has 0 spiro atoms. The van der Waals surface area contributed by atoms with Gasteiger partial charge >= 0.3 is 0 Å². The Morgan fingerprint density at radius 3 is 2.61 bits per heavy atom. The van der Waals surface area contributed by atoms with Gasteiger partial charge in [-0.2, -0.15) is 0 Å². The molecule has 0 bridgehead atoms. The fourth-order valence-electron chi connectivity index (χ4n) is 1.55. The van der Waals surface area contributed by atoms with Crippen molar-refractivity contribution in [1.29, 1.82) is 0 Å². The number of aryl methyl sites for hydroxylation is 1. The minimum atomic E-state index is 0.00525. The molecule has 18 heavy (non-hydrogen) atoms. The van der Waals surface area contributed by atoms with E-state index in [1.807, 2.05) is 12.1 Å². The number of carbonyl (C=O) groups excluding carboxylic acids is 1. The molecule has 1 rings (SSSR count). The van der Waals surface area contributed by atoms with Crippen LogP contribution in [0.25, 0.3) is 0 Å². The van der Waals surface area contributed by atoms with Gasteiger partial charge in [0.05, 0.1) is 6.54 Å². The first kappa shape index (κ1) is 14.5. The fraction of sp³-hybridized carbons (Fsp3) is 0.500. The number of anilines is 1. The van der Waals surface area contributed by atoms with Crippen molar-refractivity contribution in [1.82, 2.24) is 5.32 Å². The molecular formula is C14H22N2O2. The van der Waals surface area contributed by atoms with E-state index in [0.29, 0.717) is 19.7 Å². The highest BCUT2D eigenvalue weighted by Gasteiger charge is 2.00. The minimum Gasteiger partial charge on any atom is -0.385 e. The van der Waals surface area contributed by atoms with Crippen LogP contribution >= 0.6 is 0 Å². The molecule has 0 aliphatic rings. The second-order valence-corrected chi connectivity index (χ2v) is 4.10. The largest absolute Gasteiger partial charge is 0.385 e. The zero-order chi connectivity index (χ0) is 13.2. The lowest BCUT2D eigenvalue weighted by atomic mass is 10.1. The second kappa shape index (κ2) is 8.53. The summed E-state index contributed by atoms with van der Waals surface area (Å²) in [4.78, 5) is 11.5. The third-order valence-electron chi connectivity index (χ3n) is 2.66. The number of nitrogens with one attached hydrogen (secondary N) is 2. The number of benzene rings is 1. The van der Waals surface area contributed by atoms with Gasteiger partial charge in [-0.15, -0.1) is 0 Å². The lowest BCUT2D eigenvalue weighted by molar-refractivity contribution is -0.119. The van der Waals surface area contributed by atoms with Crippen molar-refractivity contribution in [2.24, 2.45) is 0 Å². The summed E-state index contributed by atoms with van der Waals surface area (Å²) in [6, 6.07) is 8.13. The molecule has 0 aliphatic carbocycles. The summed E-state index contributed by atoms with van der Waals surface area (Å²) in [5.41, 5.74) is 2.27. The van der Waals surface area contributed by atoms with Gasteiger partial charge in [0.2, 0.25) is 5.91 Å². The van der Waals surface area contributed by atoms with E-state index in [1.54, 1.807) is 7.11 Å². The van der Waals surface area contributed by atoms with Crippen molar-refractivity contribution in [2.75, 3.05) is 32.1 Å². The van der Waals surface area contributed by atoms with Crippen LogP contribution < -0.4 is 10.6 Å². The van der Waals surface area contributed by atoms with Crippen LogP contribution in [0.1, 0.15) is 18.9 Å². The van der Waals surface area contributed by atoms with Crippen molar-refractivity contribution in [3.8, 4) is 0 Å². The smallest absolute Gasteiger partial charge is 0.239 e. The van der Waals surface area contributed by atoms with Crippen LogP contribution in [0.2, 0.25) is 0 Å². The topological polar surface area (TPSA) is 50.4 Å². The van der Waals surface area contributed by atoms with Crippen molar-refractivity contribution in [2.45, 2.75) is 19.8 Å². The molecule has 1 aromatic rings. The average molecular weight is 250 g/mol. The van der Waals surface area contributed by atoms with E-state index in [1.165, 1.54) is 5.56 Å². The molecule has 4 nitrogen and oxygen atoms in total. The maximum absolute atomic E-state index is 11.5. The molecule has 1 aromatic carbocycles. The van der Waals surface area contributed by atoms with Gasteiger partial charge in [0.25, 0.3) is 0 Å². The first-order valence-electron chi connectivity index (χ1n) is 6.34. The summed E-state index contributed by atoms with van der Waals surface area (Å²) in [7, 11) is 1.66. The molecule has 0 aliphatic heterocycles. The molecule has 2 N–H and O–H groups in total. The third kappa shape index (κ3) is 5.68. The Labute approximate surface area is 109 Å². The van der Waals surface area contributed by atoms with Gasteiger partial charge in [-0.1, -0.05) is 19.1 Å². The first-order valence-corrected chi connectivity index (χ1v) is 6.34. The number of carbonyl (C=O) groups is 1. The van der Waals surface area contributed by atoms with Crippen LogP contribution in [0, 0.1) is 0 Å². The molecule has 100 valence electrons. The van der Waals surface area contributed by atoms with E-state index < -0.39 is 0 Å². The second-order valence-electron chi connectivity index (χ2n) is 4.10. The maximum atomic E-state index is 11.5. The lowest BCUT2D eigenvalue weighted by Gasteiger charge is -2.08. The molecule has 0 unspecified atom stereocenters. The normalized spacial score (nSPS) is 10.1. The Balaban J connectivity index is 2.20. The average Bonchev–Trinajstić information content (AvgIpc) is 2.42. The van der Waals surface area contributed by atoms with Crippen LogP contribution in [0.5, 0.6) is 0 Å². The summed E-state index contributed by atoms with van der Waals surface area (Å²) in [5, 5.41) is 5.92. The van der Waals surface area contributed by atoms with Crippen molar-refractivity contribution < 1.29 is 9.53 Å². The highest BCUT2D eigenvalue weighted by Crippen LogP contribution is 2.09. The predicted molar refractivity (Wildman–Crippen MR) is 73.8 cm³/mol. The van der Waals surface area contributed by atoms with E-state index in [-0.39, 0.29) is 5.91 Å². The number of hydrogen-bond acceptors (Lipinski definition) is 3. The predicted octanol–water partition coefficient (Wildman–Crippen LogP) is 1.81. The van der Waals surface area contributed by atoms with Crippen LogP contribution in [0.4, 0.5) is 5.69 Å². The Morgan fingerprint density at radius 2 is 2.00 bits per heavy atom. The van der Waals surface area contributed by atoms with Crippen molar-refractivity contribution in [3.05, 3.63) is 29.8 Å². The van der Waals surface area contributed by atoms with Gasteiger partial charge < -0.3 is 15.4 Å². The number of rotatable bonds is 8. The molecule has 0 fully saturated rings. The summed E-state index contributed by atoms with van der Waals surface area (Å²) < 4.78 is 4.91. The van der Waals surface area contributed by atoms with E-state index in [0.717, 1.165) is 18.5 Å². The van der Waals surface area contributed by atoms with E-state index in [9.17, 15) is 4.79 Å². The summed E-state index contributed by atoms with van der Waals surface area (Å²) >= 11 is 0. The van der Waals surface area contributed by atoms with Gasteiger partial charge in [-0.25, -0.2) is 0 Å². The lowest BCUT2D eigenvalue weighted by Crippen LogP contribution is -2.31. The highest BCUT2D eigenvalue weighted by atomic mass is 16.5. The van der Waals surface area contributed by atoms with Gasteiger partial charge in [0.15, 0.2) is 0 Å². The van der Waals surface area contributed by atoms with E-state index in [4.69, 9.17) is 4.74 Å². The fourth-order valence-corrected chi connectivity index (χ4v) is 1.55. The molecule has 0 saturated heterocycles. The highest BCUT2D eigenvalue weighted by molar-refractivity contribution is 5.80. The molecule has 4 heteroatoms. The summed E-state index contributed by atoms with van der Waals surface area (Å²) in [6.07, 6.45) is 1.87. The number of methoxy groups -OCH3 is 1. The van der Waals surface area contributed by atoms with Gasteiger partial charge in [0, 0.05) is 25.9 Å². The van der Waals surface area contributed by atoms with Crippen LogP contribution in [0.3, 0.4) is 0 Å². The SMILES string of the molecule is CCc1ccc(NCC(=O)NCCCOC)cc1. The van der Waals surface area contributed by atoms with E-state index >= 15 is 0 Å². The third-order valence-corrected chi connectivity index (χ3v) is 2.66. The molecule has 0 saturated carbocycles. The first-order chi connectivity index (χ1) is 8.76. The Bertz CT molecular complexity index is 349. The maximum Gasteiger partial charge on any atom is 0.239 e.